The van der Waals surface area contributed by atoms with Gasteiger partial charge < -0.3 is 4.74 Å². The van der Waals surface area contributed by atoms with Crippen molar-refractivity contribution in [3.05, 3.63) is 123 Å². The van der Waals surface area contributed by atoms with Gasteiger partial charge in [-0.1, -0.05) is 72.8 Å². The predicted molar refractivity (Wildman–Crippen MR) is 134 cm³/mol. The summed E-state index contributed by atoms with van der Waals surface area (Å²) in [5.41, 5.74) is 1.52. The number of hydrogen-bond acceptors (Lipinski definition) is 5. The van der Waals surface area contributed by atoms with Crippen LogP contribution in [-0.2, 0) is 14.3 Å². The van der Waals surface area contributed by atoms with Crippen LogP contribution in [0.4, 0.5) is 0 Å². The molecule has 1 aliphatic heterocycles. The van der Waals surface area contributed by atoms with Crippen molar-refractivity contribution in [3.8, 4) is 11.1 Å². The summed E-state index contributed by atoms with van der Waals surface area (Å²) in [5.74, 6) is -1.18. The molecule has 0 atom stereocenters. The molecule has 0 bridgehead atoms. The first-order valence-corrected chi connectivity index (χ1v) is 10.8. The van der Waals surface area contributed by atoms with Gasteiger partial charge in [-0.25, -0.2) is 9.59 Å². The van der Waals surface area contributed by atoms with Crippen LogP contribution in [0.5, 0.6) is 0 Å². The molecule has 2 heterocycles. The maximum absolute atomic E-state index is 11.7. The van der Waals surface area contributed by atoms with Crippen LogP contribution in [0.2, 0.25) is 0 Å². The second kappa shape index (κ2) is 9.07. The summed E-state index contributed by atoms with van der Waals surface area (Å²) in [6, 6.07) is 28.3. The number of rotatable bonds is 2. The number of carbonyl (C=O) groups excluding carboxylic acids is 2. The molecular weight excluding hydrogens is 444 g/mol. The average Bonchev–Trinajstić information content (AvgIpc) is 3.23. The summed E-state index contributed by atoms with van der Waals surface area (Å²) < 4.78 is 4.47. The normalized spacial score (nSPS) is 12.7. The molecule has 0 saturated heterocycles. The standard InChI is InChI=1S/C14H10N2O2.C14H8O3/c17-13-8-12(14(18)16-15-13)11-6-5-9-3-1-2-4-10(9)7-11;15-13-8-12(14(16)17-13)11-6-5-9-3-1-2-4-10(9)7-11/h1-8H,(H,15,17)(H,16,18);1-8H. The third-order valence-electron chi connectivity index (χ3n) is 5.62. The average molecular weight is 462 g/mol. The van der Waals surface area contributed by atoms with Gasteiger partial charge in [0.2, 0.25) is 0 Å². The maximum atomic E-state index is 11.7. The van der Waals surface area contributed by atoms with E-state index in [1.54, 1.807) is 0 Å². The lowest BCUT2D eigenvalue weighted by atomic mass is 10.0. The molecular formula is C28H18N2O5. The van der Waals surface area contributed by atoms with Crippen molar-refractivity contribution < 1.29 is 14.3 Å². The van der Waals surface area contributed by atoms with Gasteiger partial charge in [0.15, 0.2) is 0 Å². The summed E-state index contributed by atoms with van der Waals surface area (Å²) in [5, 5.41) is 8.83. The molecule has 0 radical (unpaired) electrons. The summed E-state index contributed by atoms with van der Waals surface area (Å²) in [7, 11) is 0. The molecule has 0 fully saturated rings. The Kier molecular flexibility index (Phi) is 5.65. The second-order valence-electron chi connectivity index (χ2n) is 7.89. The summed E-state index contributed by atoms with van der Waals surface area (Å²) >= 11 is 0. The Balaban J connectivity index is 0.000000145. The van der Waals surface area contributed by atoms with Crippen molar-refractivity contribution in [1.82, 2.24) is 10.2 Å². The SMILES string of the molecule is O=C1C=C(c2ccc3ccccc3c2)C(=O)O1.O=c1cc(-c2ccc3ccccc3c2)c(=O)[nH][nH]1. The number of aromatic amines is 2. The zero-order valence-electron chi connectivity index (χ0n) is 18.3. The molecule has 0 aliphatic carbocycles. The lowest BCUT2D eigenvalue weighted by Gasteiger charge is -2.02. The van der Waals surface area contributed by atoms with E-state index in [-0.39, 0.29) is 11.1 Å². The highest BCUT2D eigenvalue weighted by atomic mass is 16.6. The molecule has 7 nitrogen and oxygen atoms in total. The van der Waals surface area contributed by atoms with Gasteiger partial charge >= 0.3 is 11.9 Å². The number of esters is 2. The number of ether oxygens (including phenoxy) is 1. The first-order valence-electron chi connectivity index (χ1n) is 10.8. The van der Waals surface area contributed by atoms with Gasteiger partial charge in [-0.2, -0.15) is 0 Å². The van der Waals surface area contributed by atoms with E-state index < -0.39 is 11.9 Å². The Morgan fingerprint density at radius 1 is 0.571 bits per heavy atom. The number of fused-ring (bicyclic) bond motifs is 2. The first-order chi connectivity index (χ1) is 17.0. The topological polar surface area (TPSA) is 109 Å². The third kappa shape index (κ3) is 4.56. The van der Waals surface area contributed by atoms with E-state index in [0.717, 1.165) is 27.1 Å². The highest BCUT2D eigenvalue weighted by molar-refractivity contribution is 6.28. The van der Waals surface area contributed by atoms with Gasteiger partial charge in [0.05, 0.1) is 11.1 Å². The molecule has 170 valence electrons. The van der Waals surface area contributed by atoms with E-state index in [9.17, 15) is 19.2 Å². The zero-order valence-corrected chi connectivity index (χ0v) is 18.3. The van der Waals surface area contributed by atoms with Gasteiger partial charge in [0.1, 0.15) is 0 Å². The van der Waals surface area contributed by atoms with E-state index in [0.29, 0.717) is 16.7 Å². The van der Waals surface area contributed by atoms with E-state index >= 15 is 0 Å². The fraction of sp³-hybridized carbons (Fsp3) is 0. The van der Waals surface area contributed by atoms with E-state index in [1.807, 2.05) is 84.9 Å². The Hall–Kier alpha value is -5.04. The predicted octanol–water partition coefficient (Wildman–Crippen LogP) is 4.19. The second-order valence-corrected chi connectivity index (χ2v) is 7.89. The molecule has 0 spiro atoms. The number of aromatic nitrogens is 2. The van der Waals surface area contributed by atoms with Crippen molar-refractivity contribution in [1.29, 1.82) is 0 Å². The maximum Gasteiger partial charge on any atom is 0.346 e. The molecule has 2 N–H and O–H groups in total. The molecule has 1 aromatic heterocycles. The lowest BCUT2D eigenvalue weighted by Crippen LogP contribution is -2.19. The van der Waals surface area contributed by atoms with E-state index in [4.69, 9.17) is 0 Å². The van der Waals surface area contributed by atoms with Crippen LogP contribution < -0.4 is 11.1 Å². The monoisotopic (exact) mass is 462 g/mol. The Labute approximate surface area is 198 Å². The minimum Gasteiger partial charge on any atom is -0.386 e. The molecule has 0 saturated carbocycles. The van der Waals surface area contributed by atoms with Crippen molar-refractivity contribution in [3.63, 3.8) is 0 Å². The quantitative estimate of drug-likeness (QED) is 0.302. The minimum absolute atomic E-state index is 0.301. The molecule has 4 aromatic carbocycles. The number of H-pyrrole nitrogens is 2. The van der Waals surface area contributed by atoms with Gasteiger partial charge in [-0.3, -0.25) is 19.8 Å². The number of cyclic esters (lactones) is 2. The number of hydrogen-bond donors (Lipinski definition) is 2. The number of nitrogens with one attached hydrogen (secondary N) is 2. The van der Waals surface area contributed by atoms with Gasteiger partial charge in [-0.05, 0) is 44.8 Å². The van der Waals surface area contributed by atoms with Crippen LogP contribution >= 0.6 is 0 Å². The van der Waals surface area contributed by atoms with E-state index in [1.165, 1.54) is 12.1 Å². The number of carbonyl (C=O) groups is 2. The van der Waals surface area contributed by atoms with Crippen LogP contribution in [0.3, 0.4) is 0 Å². The fourth-order valence-electron chi connectivity index (χ4n) is 3.90. The summed E-state index contributed by atoms with van der Waals surface area (Å²) in [6.07, 6.45) is 1.23. The van der Waals surface area contributed by atoms with Crippen LogP contribution in [0.15, 0.2) is 107 Å². The van der Waals surface area contributed by atoms with Gasteiger partial charge in [0, 0.05) is 12.1 Å². The molecule has 5 aromatic rings. The Bertz CT molecular complexity index is 1760. The molecule has 6 rings (SSSR count). The highest BCUT2D eigenvalue weighted by Crippen LogP contribution is 2.25. The van der Waals surface area contributed by atoms with Crippen molar-refractivity contribution in [2.24, 2.45) is 0 Å². The van der Waals surface area contributed by atoms with Crippen molar-refractivity contribution in [2.75, 3.05) is 0 Å². The van der Waals surface area contributed by atoms with Crippen LogP contribution in [0.1, 0.15) is 5.56 Å². The Morgan fingerprint density at radius 3 is 1.74 bits per heavy atom. The molecule has 0 unspecified atom stereocenters. The highest BCUT2D eigenvalue weighted by Gasteiger charge is 2.24. The molecule has 1 aliphatic rings. The molecule has 7 heteroatoms. The van der Waals surface area contributed by atoms with E-state index in [2.05, 4.69) is 14.9 Å². The Morgan fingerprint density at radius 2 is 1.14 bits per heavy atom. The zero-order chi connectivity index (χ0) is 24.4. The smallest absolute Gasteiger partial charge is 0.346 e. The largest absolute Gasteiger partial charge is 0.386 e. The minimum atomic E-state index is -0.599. The van der Waals surface area contributed by atoms with Crippen LogP contribution in [-0.4, -0.2) is 22.1 Å². The number of benzene rings is 4. The van der Waals surface area contributed by atoms with Crippen molar-refractivity contribution in [2.45, 2.75) is 0 Å². The summed E-state index contributed by atoms with van der Waals surface area (Å²) in [6.45, 7) is 0. The van der Waals surface area contributed by atoms with Crippen molar-refractivity contribution >= 4 is 39.1 Å². The lowest BCUT2D eigenvalue weighted by molar-refractivity contribution is -0.149. The van der Waals surface area contributed by atoms with Crippen LogP contribution in [0.25, 0.3) is 38.2 Å². The molecule has 35 heavy (non-hydrogen) atoms. The molecule has 0 amide bonds. The van der Waals surface area contributed by atoms with Gasteiger partial charge in [-0.15, -0.1) is 0 Å². The van der Waals surface area contributed by atoms with Crippen LogP contribution in [0, 0.1) is 0 Å². The third-order valence-corrected chi connectivity index (χ3v) is 5.62. The first kappa shape index (κ1) is 21.8. The summed E-state index contributed by atoms with van der Waals surface area (Å²) in [4.78, 5) is 45.3. The van der Waals surface area contributed by atoms with Gasteiger partial charge in [0.25, 0.3) is 11.1 Å². The fourth-order valence-corrected chi connectivity index (χ4v) is 3.90.